The minimum Gasteiger partial charge on any atom is -0.468 e. The highest BCUT2D eigenvalue weighted by Gasteiger charge is 2.27. The van der Waals surface area contributed by atoms with Crippen LogP contribution in [0.4, 0.5) is 0 Å². The highest BCUT2D eigenvalue weighted by molar-refractivity contribution is 7.89. The number of amides is 1. The van der Waals surface area contributed by atoms with E-state index in [1.807, 2.05) is 11.8 Å². The smallest absolute Gasteiger partial charge is 0.253 e. The van der Waals surface area contributed by atoms with Crippen molar-refractivity contribution < 1.29 is 17.6 Å². The molecule has 1 aliphatic carbocycles. The maximum absolute atomic E-state index is 12.7. The Labute approximate surface area is 154 Å². The van der Waals surface area contributed by atoms with Crippen LogP contribution in [-0.4, -0.2) is 32.3 Å². The number of carbonyl (C=O) groups excluding carboxylic acids is 1. The monoisotopic (exact) mass is 376 g/mol. The van der Waals surface area contributed by atoms with E-state index in [0.29, 0.717) is 17.2 Å². The molecule has 0 radical (unpaired) electrons. The number of nitrogens with one attached hydrogen (secondary N) is 1. The van der Waals surface area contributed by atoms with Crippen molar-refractivity contribution >= 4 is 15.9 Å². The molecule has 1 aromatic heterocycles. The quantitative estimate of drug-likeness (QED) is 0.729. The van der Waals surface area contributed by atoms with Gasteiger partial charge in [0.15, 0.2) is 0 Å². The molecule has 0 unspecified atom stereocenters. The molecule has 1 N–H and O–H groups in total. The van der Waals surface area contributed by atoms with Gasteiger partial charge >= 0.3 is 0 Å². The SMILES string of the molecule is CCCN(CC1CC1)C(=O)c1ccc(S(=O)(=O)NCc2ccco2)cc1. The van der Waals surface area contributed by atoms with Crippen molar-refractivity contribution in [3.63, 3.8) is 0 Å². The standard InChI is InChI=1S/C19H24N2O4S/c1-2-11-21(14-15-5-6-15)19(22)16-7-9-18(10-8-16)26(23,24)20-13-17-4-3-12-25-17/h3-4,7-10,12,15,20H,2,5-6,11,13-14H2,1H3. The number of hydrogen-bond donors (Lipinski definition) is 1. The predicted octanol–water partition coefficient (Wildman–Crippen LogP) is 3.02. The number of hydrogen-bond acceptors (Lipinski definition) is 4. The average Bonchev–Trinajstić information content (AvgIpc) is 3.30. The van der Waals surface area contributed by atoms with Gasteiger partial charge in [-0.1, -0.05) is 6.92 Å². The first-order chi connectivity index (χ1) is 12.5. The summed E-state index contributed by atoms with van der Waals surface area (Å²) in [4.78, 5) is 14.7. The predicted molar refractivity (Wildman–Crippen MR) is 98.1 cm³/mol. The van der Waals surface area contributed by atoms with Crippen molar-refractivity contribution in [3.8, 4) is 0 Å². The van der Waals surface area contributed by atoms with E-state index in [9.17, 15) is 13.2 Å². The lowest BCUT2D eigenvalue weighted by Crippen LogP contribution is -2.33. The van der Waals surface area contributed by atoms with Crippen LogP contribution in [0.1, 0.15) is 42.3 Å². The molecular weight excluding hydrogens is 352 g/mol. The lowest BCUT2D eigenvalue weighted by Gasteiger charge is -2.22. The van der Waals surface area contributed by atoms with Gasteiger partial charge in [0.2, 0.25) is 10.0 Å². The van der Waals surface area contributed by atoms with E-state index >= 15 is 0 Å². The topological polar surface area (TPSA) is 79.6 Å². The van der Waals surface area contributed by atoms with Crippen LogP contribution < -0.4 is 4.72 Å². The Morgan fingerprint density at radius 2 is 1.96 bits per heavy atom. The van der Waals surface area contributed by atoms with Crippen LogP contribution in [0.3, 0.4) is 0 Å². The molecule has 0 atom stereocenters. The third-order valence-corrected chi connectivity index (χ3v) is 5.80. The van der Waals surface area contributed by atoms with Gasteiger partial charge in [0.1, 0.15) is 5.76 Å². The van der Waals surface area contributed by atoms with E-state index in [2.05, 4.69) is 4.72 Å². The average molecular weight is 376 g/mol. The largest absolute Gasteiger partial charge is 0.468 e. The summed E-state index contributed by atoms with van der Waals surface area (Å²) in [5, 5.41) is 0. The highest BCUT2D eigenvalue weighted by Crippen LogP contribution is 2.30. The van der Waals surface area contributed by atoms with Crippen LogP contribution in [0.25, 0.3) is 0 Å². The second kappa shape index (κ2) is 8.05. The van der Waals surface area contributed by atoms with Crippen molar-refractivity contribution in [3.05, 3.63) is 54.0 Å². The fourth-order valence-electron chi connectivity index (χ4n) is 2.78. The number of furan rings is 1. The summed E-state index contributed by atoms with van der Waals surface area (Å²) in [5.41, 5.74) is 0.518. The fraction of sp³-hybridized carbons (Fsp3) is 0.421. The lowest BCUT2D eigenvalue weighted by atomic mass is 10.2. The molecule has 6 nitrogen and oxygen atoms in total. The van der Waals surface area contributed by atoms with Gasteiger partial charge in [0.25, 0.3) is 5.91 Å². The van der Waals surface area contributed by atoms with E-state index in [1.54, 1.807) is 24.3 Å². The van der Waals surface area contributed by atoms with Crippen molar-refractivity contribution in [2.24, 2.45) is 5.92 Å². The van der Waals surface area contributed by atoms with Crippen LogP contribution in [0.15, 0.2) is 52.0 Å². The molecule has 1 aliphatic rings. The Balaban J connectivity index is 1.67. The minimum absolute atomic E-state index is 0.0359. The van der Waals surface area contributed by atoms with Gasteiger partial charge in [-0.2, -0.15) is 0 Å². The van der Waals surface area contributed by atoms with E-state index < -0.39 is 10.0 Å². The summed E-state index contributed by atoms with van der Waals surface area (Å²) in [7, 11) is -3.65. The maximum Gasteiger partial charge on any atom is 0.253 e. The first-order valence-corrected chi connectivity index (χ1v) is 10.4. The number of benzene rings is 1. The van der Waals surface area contributed by atoms with Crippen molar-refractivity contribution in [2.45, 2.75) is 37.6 Å². The van der Waals surface area contributed by atoms with Gasteiger partial charge in [-0.05, 0) is 61.6 Å². The summed E-state index contributed by atoms with van der Waals surface area (Å²) in [6.07, 6.45) is 4.77. The van der Waals surface area contributed by atoms with Crippen molar-refractivity contribution in [1.29, 1.82) is 0 Å². The number of nitrogens with zero attached hydrogens (tertiary/aromatic N) is 1. The Hall–Kier alpha value is -2.12. The normalized spacial score (nSPS) is 14.3. The van der Waals surface area contributed by atoms with Gasteiger partial charge in [-0.3, -0.25) is 4.79 Å². The number of sulfonamides is 1. The van der Waals surface area contributed by atoms with E-state index in [-0.39, 0.29) is 17.3 Å². The molecular formula is C19H24N2O4S. The molecule has 0 spiro atoms. The molecule has 0 saturated heterocycles. The van der Waals surface area contributed by atoms with Crippen LogP contribution in [0.2, 0.25) is 0 Å². The summed E-state index contributed by atoms with van der Waals surface area (Å²) < 4.78 is 32.3. The lowest BCUT2D eigenvalue weighted by molar-refractivity contribution is 0.0747. The molecule has 7 heteroatoms. The van der Waals surface area contributed by atoms with E-state index in [1.165, 1.54) is 31.2 Å². The summed E-state index contributed by atoms with van der Waals surface area (Å²) in [5.74, 6) is 1.12. The molecule has 2 aromatic rings. The Kier molecular flexibility index (Phi) is 5.78. The van der Waals surface area contributed by atoms with Gasteiger partial charge in [-0.25, -0.2) is 13.1 Å². The molecule has 1 heterocycles. The van der Waals surface area contributed by atoms with Crippen LogP contribution in [0.5, 0.6) is 0 Å². The first-order valence-electron chi connectivity index (χ1n) is 8.91. The fourth-order valence-corrected chi connectivity index (χ4v) is 3.77. The van der Waals surface area contributed by atoms with Crippen LogP contribution in [-0.2, 0) is 16.6 Å². The van der Waals surface area contributed by atoms with Crippen LogP contribution in [0, 0.1) is 5.92 Å². The van der Waals surface area contributed by atoms with Gasteiger partial charge in [0, 0.05) is 18.7 Å². The van der Waals surface area contributed by atoms with E-state index in [4.69, 9.17) is 4.42 Å². The zero-order valence-corrected chi connectivity index (χ0v) is 15.7. The molecule has 26 heavy (non-hydrogen) atoms. The number of carbonyl (C=O) groups is 1. The second-order valence-electron chi connectivity index (χ2n) is 6.62. The second-order valence-corrected chi connectivity index (χ2v) is 8.39. The summed E-state index contributed by atoms with van der Waals surface area (Å²) in [6, 6.07) is 9.51. The summed E-state index contributed by atoms with van der Waals surface area (Å²) >= 11 is 0. The molecule has 0 bridgehead atoms. The van der Waals surface area contributed by atoms with Crippen molar-refractivity contribution in [1.82, 2.24) is 9.62 Å². The zero-order chi connectivity index (χ0) is 18.6. The third kappa shape index (κ3) is 4.74. The van der Waals surface area contributed by atoms with E-state index in [0.717, 1.165) is 19.5 Å². The molecule has 140 valence electrons. The third-order valence-electron chi connectivity index (χ3n) is 4.38. The van der Waals surface area contributed by atoms with Gasteiger partial charge < -0.3 is 9.32 Å². The zero-order valence-electron chi connectivity index (χ0n) is 14.8. The first kappa shape index (κ1) is 18.7. The molecule has 1 amide bonds. The highest BCUT2D eigenvalue weighted by atomic mass is 32.2. The summed E-state index contributed by atoms with van der Waals surface area (Å²) in [6.45, 7) is 3.65. The molecule has 3 rings (SSSR count). The number of rotatable bonds is 9. The molecule has 1 fully saturated rings. The Morgan fingerprint density at radius 3 is 2.54 bits per heavy atom. The minimum atomic E-state index is -3.65. The van der Waals surface area contributed by atoms with Gasteiger partial charge in [0.05, 0.1) is 17.7 Å². The molecule has 1 saturated carbocycles. The van der Waals surface area contributed by atoms with Crippen molar-refractivity contribution in [2.75, 3.05) is 13.1 Å². The van der Waals surface area contributed by atoms with Gasteiger partial charge in [-0.15, -0.1) is 0 Å². The molecule has 0 aliphatic heterocycles. The maximum atomic E-state index is 12.7. The molecule has 1 aromatic carbocycles. The Bertz CT molecular complexity index is 825. The van der Waals surface area contributed by atoms with Crippen LogP contribution >= 0.6 is 0 Å². The Morgan fingerprint density at radius 1 is 1.23 bits per heavy atom.